The minimum atomic E-state index is -1.32. The maximum atomic E-state index is 11.9. The molecule has 9 heteroatoms. The van der Waals surface area contributed by atoms with Crippen LogP contribution in [0.2, 0.25) is 0 Å². The SMILES string of the molecule is NCCC(C(=O)O)C(=O)CCC(N)C(=O)C(CCN)C(=O)O. The van der Waals surface area contributed by atoms with E-state index >= 15 is 0 Å². The van der Waals surface area contributed by atoms with Crippen molar-refractivity contribution < 1.29 is 29.4 Å². The van der Waals surface area contributed by atoms with Gasteiger partial charge in [0.1, 0.15) is 17.6 Å². The lowest BCUT2D eigenvalue weighted by Gasteiger charge is -2.16. The molecule has 8 N–H and O–H groups in total. The number of carbonyl (C=O) groups excluding carboxylic acids is 2. The van der Waals surface area contributed by atoms with E-state index in [9.17, 15) is 19.2 Å². The first-order chi connectivity index (χ1) is 10.3. The molecule has 22 heavy (non-hydrogen) atoms. The molecule has 0 spiro atoms. The van der Waals surface area contributed by atoms with Crippen molar-refractivity contribution in [3.05, 3.63) is 0 Å². The van der Waals surface area contributed by atoms with Gasteiger partial charge in [0, 0.05) is 6.42 Å². The first kappa shape index (κ1) is 20.2. The normalized spacial score (nSPS) is 14.9. The van der Waals surface area contributed by atoms with Crippen LogP contribution < -0.4 is 17.2 Å². The Kier molecular flexibility index (Phi) is 9.15. The maximum absolute atomic E-state index is 11.9. The van der Waals surface area contributed by atoms with Gasteiger partial charge in [0.05, 0.1) is 6.04 Å². The lowest BCUT2D eigenvalue weighted by molar-refractivity contribution is -0.147. The van der Waals surface area contributed by atoms with E-state index in [1.165, 1.54) is 0 Å². The average molecular weight is 317 g/mol. The fraction of sp³-hybridized carbons (Fsp3) is 0.692. The summed E-state index contributed by atoms with van der Waals surface area (Å²) in [6, 6.07) is -1.15. The first-order valence-electron chi connectivity index (χ1n) is 6.94. The van der Waals surface area contributed by atoms with E-state index in [0.29, 0.717) is 0 Å². The Balaban J connectivity index is 4.62. The Labute approximate surface area is 127 Å². The van der Waals surface area contributed by atoms with Crippen molar-refractivity contribution in [2.24, 2.45) is 29.0 Å². The quantitative estimate of drug-likeness (QED) is 0.262. The van der Waals surface area contributed by atoms with Crippen LogP contribution in [-0.2, 0) is 19.2 Å². The Morgan fingerprint density at radius 2 is 1.27 bits per heavy atom. The van der Waals surface area contributed by atoms with E-state index in [2.05, 4.69) is 0 Å². The molecule has 0 aromatic carbocycles. The van der Waals surface area contributed by atoms with Crippen molar-refractivity contribution in [3.63, 3.8) is 0 Å². The predicted molar refractivity (Wildman–Crippen MR) is 76.8 cm³/mol. The molecule has 0 amide bonds. The van der Waals surface area contributed by atoms with Gasteiger partial charge in [0.2, 0.25) is 0 Å². The van der Waals surface area contributed by atoms with Crippen LogP contribution in [0.25, 0.3) is 0 Å². The zero-order valence-corrected chi connectivity index (χ0v) is 12.2. The van der Waals surface area contributed by atoms with Crippen LogP contribution in [0.4, 0.5) is 0 Å². The monoisotopic (exact) mass is 317 g/mol. The minimum Gasteiger partial charge on any atom is -0.481 e. The van der Waals surface area contributed by atoms with Gasteiger partial charge in [-0.2, -0.15) is 0 Å². The lowest BCUT2D eigenvalue weighted by Crippen LogP contribution is -2.40. The zero-order valence-electron chi connectivity index (χ0n) is 12.2. The smallest absolute Gasteiger partial charge is 0.314 e. The van der Waals surface area contributed by atoms with E-state index in [1.54, 1.807) is 0 Å². The molecule has 0 fully saturated rings. The number of carboxylic acid groups (broad SMARTS) is 2. The van der Waals surface area contributed by atoms with Gasteiger partial charge in [-0.05, 0) is 32.4 Å². The summed E-state index contributed by atoms with van der Waals surface area (Å²) >= 11 is 0. The number of hydrogen-bond acceptors (Lipinski definition) is 7. The van der Waals surface area contributed by atoms with Crippen LogP contribution in [0.5, 0.6) is 0 Å². The van der Waals surface area contributed by atoms with Gasteiger partial charge in [-0.1, -0.05) is 0 Å². The van der Waals surface area contributed by atoms with E-state index in [4.69, 9.17) is 27.4 Å². The van der Waals surface area contributed by atoms with Gasteiger partial charge >= 0.3 is 11.9 Å². The molecule has 0 saturated carbocycles. The molecule has 0 aliphatic rings. The number of aliphatic carboxylic acids is 2. The maximum Gasteiger partial charge on any atom is 0.314 e. The molecule has 3 atom stereocenters. The number of carboxylic acids is 2. The number of rotatable bonds is 12. The van der Waals surface area contributed by atoms with Gasteiger partial charge in [-0.25, -0.2) is 0 Å². The molecule has 0 saturated heterocycles. The molecule has 3 unspecified atom stereocenters. The van der Waals surface area contributed by atoms with Gasteiger partial charge in [0.15, 0.2) is 5.78 Å². The van der Waals surface area contributed by atoms with Gasteiger partial charge in [-0.15, -0.1) is 0 Å². The predicted octanol–water partition coefficient (Wildman–Crippen LogP) is -1.67. The van der Waals surface area contributed by atoms with E-state index < -0.39 is 41.4 Å². The second-order valence-electron chi connectivity index (χ2n) is 4.95. The molecular weight excluding hydrogens is 294 g/mol. The number of hydrogen-bond donors (Lipinski definition) is 5. The van der Waals surface area contributed by atoms with Crippen molar-refractivity contribution in [3.8, 4) is 0 Å². The third kappa shape index (κ3) is 6.29. The summed E-state index contributed by atoms with van der Waals surface area (Å²) in [4.78, 5) is 45.6. The van der Waals surface area contributed by atoms with Crippen LogP contribution in [0.3, 0.4) is 0 Å². The largest absolute Gasteiger partial charge is 0.481 e. The number of nitrogens with two attached hydrogens (primary N) is 3. The second-order valence-corrected chi connectivity index (χ2v) is 4.95. The van der Waals surface area contributed by atoms with Crippen LogP contribution >= 0.6 is 0 Å². The van der Waals surface area contributed by atoms with Crippen LogP contribution in [0, 0.1) is 11.8 Å². The number of Topliss-reactive ketones (excluding diaryl/α,β-unsaturated/α-hetero) is 2. The molecule has 9 nitrogen and oxygen atoms in total. The van der Waals surface area contributed by atoms with E-state index in [0.717, 1.165) is 0 Å². The molecule has 0 radical (unpaired) electrons. The molecule has 0 aromatic rings. The second kappa shape index (κ2) is 9.98. The Hall–Kier alpha value is -1.84. The Morgan fingerprint density at radius 3 is 1.68 bits per heavy atom. The molecule has 0 rings (SSSR count). The standard InChI is InChI=1S/C13H23N3O6/c14-5-3-7(12(19)20)10(17)2-1-9(16)11(18)8(4-6-15)13(21)22/h7-9H,1-6,14-16H2,(H,19,20)(H,21,22). The average Bonchev–Trinajstić information content (AvgIpc) is 2.45. The highest BCUT2D eigenvalue weighted by molar-refractivity contribution is 6.02. The lowest BCUT2D eigenvalue weighted by atomic mass is 9.90. The highest BCUT2D eigenvalue weighted by Gasteiger charge is 2.31. The summed E-state index contributed by atoms with van der Waals surface area (Å²) in [6.45, 7) is 0.0667. The van der Waals surface area contributed by atoms with Crippen molar-refractivity contribution in [2.45, 2.75) is 31.7 Å². The third-order valence-electron chi connectivity index (χ3n) is 3.31. The van der Waals surface area contributed by atoms with Crippen molar-refractivity contribution in [1.29, 1.82) is 0 Å². The summed E-state index contributed by atoms with van der Waals surface area (Å²) in [5, 5.41) is 17.9. The fourth-order valence-electron chi connectivity index (χ4n) is 2.02. The van der Waals surface area contributed by atoms with Crippen molar-refractivity contribution in [1.82, 2.24) is 0 Å². The minimum absolute atomic E-state index is 0.00226. The van der Waals surface area contributed by atoms with Crippen LogP contribution in [0.15, 0.2) is 0 Å². The molecule has 126 valence electrons. The topological polar surface area (TPSA) is 187 Å². The summed E-state index contributed by atoms with van der Waals surface area (Å²) in [7, 11) is 0. The van der Waals surface area contributed by atoms with Crippen LogP contribution in [-0.4, -0.2) is 52.8 Å². The number of carbonyl (C=O) groups is 4. The zero-order chi connectivity index (χ0) is 17.3. The summed E-state index contributed by atoms with van der Waals surface area (Å²) < 4.78 is 0. The molecular formula is C13H23N3O6. The van der Waals surface area contributed by atoms with Crippen LogP contribution in [0.1, 0.15) is 25.7 Å². The van der Waals surface area contributed by atoms with E-state index in [1.807, 2.05) is 0 Å². The Morgan fingerprint density at radius 1 is 0.818 bits per heavy atom. The highest BCUT2D eigenvalue weighted by atomic mass is 16.4. The van der Waals surface area contributed by atoms with Gasteiger partial charge < -0.3 is 27.4 Å². The highest BCUT2D eigenvalue weighted by Crippen LogP contribution is 2.13. The van der Waals surface area contributed by atoms with E-state index in [-0.39, 0.29) is 38.8 Å². The van der Waals surface area contributed by atoms with Crippen molar-refractivity contribution in [2.75, 3.05) is 13.1 Å². The summed E-state index contributed by atoms with van der Waals surface area (Å²) in [5.41, 5.74) is 16.1. The molecule has 0 bridgehead atoms. The molecule has 0 heterocycles. The van der Waals surface area contributed by atoms with Crippen molar-refractivity contribution >= 4 is 23.5 Å². The summed E-state index contributed by atoms with van der Waals surface area (Å²) in [5.74, 6) is -6.42. The first-order valence-corrected chi connectivity index (χ1v) is 6.94. The summed E-state index contributed by atoms with van der Waals surface area (Å²) in [6.07, 6.45) is -0.373. The van der Waals surface area contributed by atoms with Gasteiger partial charge in [-0.3, -0.25) is 19.2 Å². The van der Waals surface area contributed by atoms with Gasteiger partial charge in [0.25, 0.3) is 0 Å². The molecule has 0 aliphatic heterocycles. The fourth-order valence-corrected chi connectivity index (χ4v) is 2.02. The molecule has 0 aliphatic carbocycles. The Bertz CT molecular complexity index is 426. The number of ketones is 2. The molecule has 0 aromatic heterocycles. The third-order valence-corrected chi connectivity index (χ3v) is 3.31.